The van der Waals surface area contributed by atoms with Crippen LogP contribution in [-0.4, -0.2) is 30.6 Å². The lowest BCUT2D eigenvalue weighted by Gasteiger charge is -2.06. The zero-order valence-corrected chi connectivity index (χ0v) is 8.74. The van der Waals surface area contributed by atoms with Crippen LogP contribution in [0.25, 0.3) is 0 Å². The summed E-state index contributed by atoms with van der Waals surface area (Å²) in [5.74, 6) is 0. The van der Waals surface area contributed by atoms with E-state index < -0.39 is 15.4 Å². The molecule has 1 heterocycles. The van der Waals surface area contributed by atoms with Crippen molar-refractivity contribution < 1.29 is 13.0 Å². The Morgan fingerprint density at radius 2 is 2.00 bits per heavy atom. The van der Waals surface area contributed by atoms with Crippen LogP contribution in [-0.2, 0) is 10.1 Å². The number of nitrogens with zero attached hydrogens (tertiary/aromatic N) is 2. The van der Waals surface area contributed by atoms with Crippen LogP contribution in [0.15, 0.2) is 9.98 Å². The van der Waals surface area contributed by atoms with Crippen LogP contribution >= 0.6 is 0 Å². The van der Waals surface area contributed by atoms with E-state index >= 15 is 0 Å². The lowest BCUT2D eigenvalue weighted by Crippen LogP contribution is -2.16. The SMILES string of the molecule is CC(CCC[C+]1N=CC=N1)S(=O)(=O)O. The van der Waals surface area contributed by atoms with Crippen molar-refractivity contribution in [3.63, 3.8) is 0 Å². The van der Waals surface area contributed by atoms with Gasteiger partial charge in [0.15, 0.2) is 12.4 Å². The minimum Gasteiger partial charge on any atom is -0.285 e. The van der Waals surface area contributed by atoms with Crippen molar-refractivity contribution in [3.05, 3.63) is 6.17 Å². The largest absolute Gasteiger partial charge is 0.285 e. The van der Waals surface area contributed by atoms with E-state index in [2.05, 4.69) is 9.98 Å². The molecule has 0 aliphatic carbocycles. The average Bonchev–Trinajstić information content (AvgIpc) is 2.55. The fraction of sp³-hybridized carbons (Fsp3) is 0.625. The zero-order chi connectivity index (χ0) is 10.6. The van der Waals surface area contributed by atoms with Crippen LogP contribution in [0.2, 0.25) is 0 Å². The number of hydrogen-bond acceptors (Lipinski definition) is 4. The second kappa shape index (κ2) is 4.56. The van der Waals surface area contributed by atoms with E-state index in [-0.39, 0.29) is 0 Å². The van der Waals surface area contributed by atoms with Gasteiger partial charge >= 0.3 is 0 Å². The van der Waals surface area contributed by atoms with Gasteiger partial charge in [-0.1, -0.05) is 9.98 Å². The van der Waals surface area contributed by atoms with Gasteiger partial charge in [-0.05, 0) is 19.8 Å². The Morgan fingerprint density at radius 1 is 1.43 bits per heavy atom. The molecule has 1 unspecified atom stereocenters. The third kappa shape index (κ3) is 3.47. The monoisotopic (exact) mass is 217 g/mol. The molecule has 78 valence electrons. The molecule has 14 heavy (non-hydrogen) atoms. The number of rotatable bonds is 5. The highest BCUT2D eigenvalue weighted by molar-refractivity contribution is 7.86. The summed E-state index contributed by atoms with van der Waals surface area (Å²) >= 11 is 0. The standard InChI is InChI=1S/C8H12N2O3S/c1-7(14(11,12)13)3-2-4-8-9-5-6-10-8/h5-7H,2-4H2,1H3/p+1. The predicted molar refractivity (Wildman–Crippen MR) is 55.1 cm³/mol. The van der Waals surface area contributed by atoms with Crippen molar-refractivity contribution in [2.75, 3.05) is 0 Å². The van der Waals surface area contributed by atoms with Gasteiger partial charge < -0.3 is 0 Å². The van der Waals surface area contributed by atoms with Gasteiger partial charge in [-0.25, -0.2) is 0 Å². The van der Waals surface area contributed by atoms with Gasteiger partial charge in [-0.15, -0.1) is 0 Å². The molecule has 0 radical (unpaired) electrons. The van der Waals surface area contributed by atoms with E-state index in [1.54, 1.807) is 12.4 Å². The van der Waals surface area contributed by atoms with Gasteiger partial charge in [0, 0.05) is 0 Å². The summed E-state index contributed by atoms with van der Waals surface area (Å²) in [6.07, 6.45) is 5.64. The van der Waals surface area contributed by atoms with E-state index in [1.165, 1.54) is 6.92 Å². The van der Waals surface area contributed by atoms with Crippen LogP contribution in [0.1, 0.15) is 26.2 Å². The maximum atomic E-state index is 10.6. The molecule has 5 nitrogen and oxygen atoms in total. The normalized spacial score (nSPS) is 17.7. The molecule has 0 saturated heterocycles. The van der Waals surface area contributed by atoms with Crippen molar-refractivity contribution in [3.8, 4) is 0 Å². The lowest BCUT2D eigenvalue weighted by molar-refractivity contribution is 0.463. The van der Waals surface area contributed by atoms with Crippen molar-refractivity contribution >= 4 is 22.5 Å². The second-order valence-electron chi connectivity index (χ2n) is 3.19. The molecule has 1 rings (SSSR count). The Hall–Kier alpha value is -0.880. The van der Waals surface area contributed by atoms with Crippen LogP contribution < -0.4 is 0 Å². The van der Waals surface area contributed by atoms with Crippen LogP contribution in [0.5, 0.6) is 0 Å². The Labute approximate surface area is 83.7 Å². The summed E-state index contributed by atoms with van der Waals surface area (Å²) in [6, 6.07) is 0. The third-order valence-corrected chi connectivity index (χ3v) is 3.29. The minimum absolute atomic E-state index is 0.424. The molecule has 0 aromatic rings. The first-order valence-electron chi connectivity index (χ1n) is 4.39. The summed E-state index contributed by atoms with van der Waals surface area (Å²) in [7, 11) is -3.88. The summed E-state index contributed by atoms with van der Waals surface area (Å²) in [4.78, 5) is 7.90. The summed E-state index contributed by atoms with van der Waals surface area (Å²) in [5.41, 5.74) is 0. The second-order valence-corrected chi connectivity index (χ2v) is 5.03. The van der Waals surface area contributed by atoms with E-state index in [9.17, 15) is 8.42 Å². The van der Waals surface area contributed by atoms with Crippen LogP contribution in [0.4, 0.5) is 0 Å². The smallest absolute Gasteiger partial charge is 0.267 e. The third-order valence-electron chi connectivity index (χ3n) is 2.03. The molecule has 0 saturated carbocycles. The van der Waals surface area contributed by atoms with Gasteiger partial charge in [-0.3, -0.25) is 4.55 Å². The Bertz CT molecular complexity index is 322. The molecule has 1 aliphatic heterocycles. The predicted octanol–water partition coefficient (Wildman–Crippen LogP) is 1.08. The molecule has 1 N–H and O–H groups in total. The highest BCUT2D eigenvalue weighted by Crippen LogP contribution is 2.17. The van der Waals surface area contributed by atoms with E-state index in [4.69, 9.17) is 4.55 Å². The lowest BCUT2D eigenvalue weighted by atomic mass is 10.2. The van der Waals surface area contributed by atoms with Crippen LogP contribution in [0.3, 0.4) is 0 Å². The first kappa shape index (κ1) is 11.2. The van der Waals surface area contributed by atoms with E-state index in [0.717, 1.165) is 0 Å². The van der Waals surface area contributed by atoms with E-state index in [1.807, 2.05) is 0 Å². The maximum absolute atomic E-state index is 10.6. The summed E-state index contributed by atoms with van der Waals surface area (Å²) in [5, 5.41) is -0.711. The molecule has 0 spiro atoms. The molecular weight excluding hydrogens is 204 g/mol. The molecule has 6 heteroatoms. The topological polar surface area (TPSA) is 79.1 Å². The zero-order valence-electron chi connectivity index (χ0n) is 7.92. The molecular formula is C8H13N2O3S+. The average molecular weight is 217 g/mol. The Kier molecular flexibility index (Phi) is 3.65. The van der Waals surface area contributed by atoms with Crippen molar-refractivity contribution in [1.82, 2.24) is 0 Å². The van der Waals surface area contributed by atoms with Crippen molar-refractivity contribution in [2.24, 2.45) is 9.98 Å². The number of aliphatic imine (C=N–C) groups is 2. The molecule has 0 amide bonds. The molecule has 0 bridgehead atoms. The summed E-state index contributed by atoms with van der Waals surface area (Å²) < 4.78 is 30.0. The molecule has 0 aromatic carbocycles. The van der Waals surface area contributed by atoms with Gasteiger partial charge in [0.25, 0.3) is 10.1 Å². The van der Waals surface area contributed by atoms with E-state index in [0.29, 0.717) is 25.4 Å². The summed E-state index contributed by atoms with van der Waals surface area (Å²) in [6.45, 7) is 1.49. The Morgan fingerprint density at radius 3 is 2.50 bits per heavy atom. The fourth-order valence-corrected chi connectivity index (χ4v) is 1.56. The highest BCUT2D eigenvalue weighted by Gasteiger charge is 2.20. The fourth-order valence-electron chi connectivity index (χ4n) is 1.10. The highest BCUT2D eigenvalue weighted by atomic mass is 32.2. The van der Waals surface area contributed by atoms with Crippen molar-refractivity contribution in [2.45, 2.75) is 31.4 Å². The quantitative estimate of drug-likeness (QED) is 0.552. The molecule has 0 aromatic heterocycles. The van der Waals surface area contributed by atoms with Crippen molar-refractivity contribution in [1.29, 1.82) is 0 Å². The maximum Gasteiger partial charge on any atom is 0.267 e. The number of hydrogen-bond donors (Lipinski definition) is 1. The molecule has 1 aliphatic rings. The molecule has 0 fully saturated rings. The van der Waals surface area contributed by atoms with Crippen LogP contribution in [0, 0.1) is 6.17 Å². The van der Waals surface area contributed by atoms with Gasteiger partial charge in [0.2, 0.25) is 6.17 Å². The van der Waals surface area contributed by atoms with Gasteiger partial charge in [0.1, 0.15) is 0 Å². The first-order chi connectivity index (χ1) is 6.50. The first-order valence-corrected chi connectivity index (χ1v) is 5.89. The minimum atomic E-state index is -3.88. The van der Waals surface area contributed by atoms with Gasteiger partial charge in [0.05, 0.1) is 11.7 Å². The Balaban J connectivity index is 2.21. The molecule has 1 atom stereocenters. The van der Waals surface area contributed by atoms with Gasteiger partial charge in [-0.2, -0.15) is 8.42 Å².